The molecule has 1 aliphatic carbocycles. The minimum atomic E-state index is -0.207. The van der Waals surface area contributed by atoms with Crippen molar-refractivity contribution in [2.45, 2.75) is 12.5 Å². The van der Waals surface area contributed by atoms with E-state index in [9.17, 15) is 4.79 Å². The van der Waals surface area contributed by atoms with Crippen LogP contribution < -0.4 is 5.73 Å². The second-order valence-electron chi connectivity index (χ2n) is 2.93. The predicted molar refractivity (Wildman–Crippen MR) is 47.3 cm³/mol. The number of hydrogen-bond donors (Lipinski definition) is 1. The van der Waals surface area contributed by atoms with Crippen molar-refractivity contribution >= 4 is 17.4 Å². The maximum Gasteiger partial charge on any atom is 0.165 e. The summed E-state index contributed by atoms with van der Waals surface area (Å²) in [7, 11) is 0. The van der Waals surface area contributed by atoms with Crippen LogP contribution >= 0.6 is 11.6 Å². The van der Waals surface area contributed by atoms with Crippen LogP contribution in [0.3, 0.4) is 0 Å². The standard InChI is InChI=1S/C9H8ClNO/c10-6-3-1-2-5-8(12)4-7(11)9(5)6/h1-3,7H,4,11H2. The fourth-order valence-electron chi connectivity index (χ4n) is 1.57. The lowest BCUT2D eigenvalue weighted by Crippen LogP contribution is -2.06. The van der Waals surface area contributed by atoms with Crippen molar-refractivity contribution in [1.82, 2.24) is 0 Å². The normalized spacial score (nSPS) is 21.2. The fraction of sp³-hybridized carbons (Fsp3) is 0.222. The summed E-state index contributed by atoms with van der Waals surface area (Å²) < 4.78 is 0. The molecule has 1 aromatic rings. The van der Waals surface area contributed by atoms with Crippen LogP contribution in [0.15, 0.2) is 18.2 Å². The average Bonchev–Trinajstić information content (AvgIpc) is 2.29. The van der Waals surface area contributed by atoms with Gasteiger partial charge in [-0.3, -0.25) is 4.79 Å². The number of halogens is 1. The van der Waals surface area contributed by atoms with E-state index in [1.807, 2.05) is 0 Å². The first-order valence-electron chi connectivity index (χ1n) is 3.77. The summed E-state index contributed by atoms with van der Waals surface area (Å²) in [6.07, 6.45) is 0.388. The van der Waals surface area contributed by atoms with Gasteiger partial charge >= 0.3 is 0 Å². The van der Waals surface area contributed by atoms with Gasteiger partial charge < -0.3 is 5.73 Å². The zero-order valence-corrected chi connectivity index (χ0v) is 7.14. The largest absolute Gasteiger partial charge is 0.324 e. The van der Waals surface area contributed by atoms with Gasteiger partial charge in [0.1, 0.15) is 0 Å². The first-order valence-corrected chi connectivity index (χ1v) is 4.15. The van der Waals surface area contributed by atoms with Gasteiger partial charge in [-0.15, -0.1) is 0 Å². The number of fused-ring (bicyclic) bond motifs is 1. The van der Waals surface area contributed by atoms with Gasteiger partial charge in [0.15, 0.2) is 5.78 Å². The van der Waals surface area contributed by atoms with Crippen LogP contribution in [0.2, 0.25) is 5.02 Å². The molecule has 0 saturated carbocycles. The zero-order chi connectivity index (χ0) is 8.72. The molecule has 2 nitrogen and oxygen atoms in total. The lowest BCUT2D eigenvalue weighted by atomic mass is 10.1. The molecule has 62 valence electrons. The molecule has 1 aliphatic rings. The highest BCUT2D eigenvalue weighted by Gasteiger charge is 2.28. The number of benzene rings is 1. The molecule has 0 radical (unpaired) electrons. The Balaban J connectivity index is 2.67. The smallest absolute Gasteiger partial charge is 0.165 e. The molecule has 0 saturated heterocycles. The molecule has 1 unspecified atom stereocenters. The van der Waals surface area contributed by atoms with Crippen LogP contribution in [0.5, 0.6) is 0 Å². The van der Waals surface area contributed by atoms with Gasteiger partial charge in [0, 0.05) is 23.0 Å². The average molecular weight is 182 g/mol. The maximum absolute atomic E-state index is 11.3. The number of ketones is 1. The highest BCUT2D eigenvalue weighted by Crippen LogP contribution is 2.34. The summed E-state index contributed by atoms with van der Waals surface area (Å²) in [6.45, 7) is 0. The lowest BCUT2D eigenvalue weighted by molar-refractivity contribution is 0.0989. The van der Waals surface area contributed by atoms with Crippen molar-refractivity contribution in [3.63, 3.8) is 0 Å². The third-order valence-corrected chi connectivity index (χ3v) is 2.46. The Kier molecular flexibility index (Phi) is 1.67. The van der Waals surface area contributed by atoms with Crippen LogP contribution in [0, 0.1) is 0 Å². The van der Waals surface area contributed by atoms with Crippen molar-refractivity contribution in [2.75, 3.05) is 0 Å². The van der Waals surface area contributed by atoms with E-state index in [1.54, 1.807) is 18.2 Å². The number of rotatable bonds is 0. The van der Waals surface area contributed by atoms with E-state index in [4.69, 9.17) is 17.3 Å². The van der Waals surface area contributed by atoms with E-state index in [1.165, 1.54) is 0 Å². The predicted octanol–water partition coefficient (Wildman–Crippen LogP) is 1.93. The molecular formula is C9H8ClNO. The van der Waals surface area contributed by atoms with E-state index < -0.39 is 0 Å². The van der Waals surface area contributed by atoms with E-state index in [-0.39, 0.29) is 11.8 Å². The molecule has 0 amide bonds. The van der Waals surface area contributed by atoms with Crippen molar-refractivity contribution in [2.24, 2.45) is 5.73 Å². The van der Waals surface area contributed by atoms with Crippen molar-refractivity contribution < 1.29 is 4.79 Å². The molecule has 0 heterocycles. The Hall–Kier alpha value is -0.860. The minimum absolute atomic E-state index is 0.0972. The molecule has 12 heavy (non-hydrogen) atoms. The van der Waals surface area contributed by atoms with Crippen LogP contribution in [0.4, 0.5) is 0 Å². The zero-order valence-electron chi connectivity index (χ0n) is 6.38. The van der Waals surface area contributed by atoms with Crippen LogP contribution in [-0.4, -0.2) is 5.78 Å². The number of Topliss-reactive ketones (excluding diaryl/α,β-unsaturated/α-hetero) is 1. The van der Waals surface area contributed by atoms with Crippen LogP contribution in [0.1, 0.15) is 28.4 Å². The van der Waals surface area contributed by atoms with E-state index >= 15 is 0 Å². The van der Waals surface area contributed by atoms with Crippen molar-refractivity contribution in [3.8, 4) is 0 Å². The number of nitrogens with two attached hydrogens (primary N) is 1. The molecule has 1 aromatic carbocycles. The Morgan fingerprint density at radius 3 is 2.92 bits per heavy atom. The van der Waals surface area contributed by atoms with Crippen LogP contribution in [0.25, 0.3) is 0 Å². The third-order valence-electron chi connectivity index (χ3n) is 2.13. The minimum Gasteiger partial charge on any atom is -0.324 e. The molecule has 3 heteroatoms. The molecule has 0 fully saturated rings. The number of carbonyl (C=O) groups is 1. The Bertz CT molecular complexity index is 348. The monoisotopic (exact) mass is 181 g/mol. The Morgan fingerprint density at radius 2 is 2.25 bits per heavy atom. The summed E-state index contributed by atoms with van der Waals surface area (Å²) >= 11 is 5.90. The topological polar surface area (TPSA) is 43.1 Å². The quantitative estimate of drug-likeness (QED) is 0.665. The summed E-state index contributed by atoms with van der Waals surface area (Å²) in [5.41, 5.74) is 7.23. The molecule has 0 aromatic heterocycles. The van der Waals surface area contributed by atoms with Crippen molar-refractivity contribution in [1.29, 1.82) is 0 Å². The molecule has 0 spiro atoms. The van der Waals surface area contributed by atoms with Crippen LogP contribution in [-0.2, 0) is 0 Å². The Morgan fingerprint density at radius 1 is 1.50 bits per heavy atom. The lowest BCUT2D eigenvalue weighted by Gasteiger charge is -2.04. The number of hydrogen-bond acceptors (Lipinski definition) is 2. The summed E-state index contributed by atoms with van der Waals surface area (Å²) in [5, 5.41) is 0.603. The maximum atomic E-state index is 11.3. The third kappa shape index (κ3) is 0.958. The molecule has 0 aliphatic heterocycles. The highest BCUT2D eigenvalue weighted by molar-refractivity contribution is 6.32. The molecule has 0 bridgehead atoms. The second kappa shape index (κ2) is 2.57. The first-order chi connectivity index (χ1) is 5.70. The van der Waals surface area contributed by atoms with E-state index in [2.05, 4.69) is 0 Å². The molecule has 2 rings (SSSR count). The van der Waals surface area contributed by atoms with Gasteiger partial charge in [-0.2, -0.15) is 0 Å². The van der Waals surface area contributed by atoms with E-state index in [0.29, 0.717) is 17.0 Å². The Labute approximate surface area is 75.3 Å². The van der Waals surface area contributed by atoms with Gasteiger partial charge in [0.05, 0.1) is 0 Å². The highest BCUT2D eigenvalue weighted by atomic mass is 35.5. The van der Waals surface area contributed by atoms with Gasteiger partial charge in [0.25, 0.3) is 0 Å². The fourth-order valence-corrected chi connectivity index (χ4v) is 1.88. The summed E-state index contributed by atoms with van der Waals surface area (Å²) in [6, 6.07) is 5.10. The van der Waals surface area contributed by atoms with Gasteiger partial charge in [-0.25, -0.2) is 0 Å². The first kappa shape index (κ1) is 7.77. The number of carbonyl (C=O) groups excluding carboxylic acids is 1. The molecule has 2 N–H and O–H groups in total. The van der Waals surface area contributed by atoms with E-state index in [0.717, 1.165) is 5.56 Å². The van der Waals surface area contributed by atoms with Crippen molar-refractivity contribution in [3.05, 3.63) is 34.3 Å². The SMILES string of the molecule is NC1CC(=O)c2cccc(Cl)c21. The summed E-state index contributed by atoms with van der Waals surface area (Å²) in [4.78, 5) is 11.3. The molecule has 1 atom stereocenters. The summed E-state index contributed by atoms with van der Waals surface area (Å²) in [5.74, 6) is 0.0972. The van der Waals surface area contributed by atoms with Gasteiger partial charge in [-0.1, -0.05) is 23.7 Å². The van der Waals surface area contributed by atoms with Gasteiger partial charge in [0.2, 0.25) is 0 Å². The van der Waals surface area contributed by atoms with Gasteiger partial charge in [-0.05, 0) is 11.6 Å². The second-order valence-corrected chi connectivity index (χ2v) is 3.34. The molecular weight excluding hydrogens is 174 g/mol.